The number of phenolic OH excluding ortho intramolecular Hbond substituents is 1. The lowest BCUT2D eigenvalue weighted by atomic mass is 10.1. The Bertz CT molecular complexity index is 917. The highest BCUT2D eigenvalue weighted by atomic mass is 16.3. The molecule has 0 atom stereocenters. The maximum atomic E-state index is 12.3. The van der Waals surface area contributed by atoms with Gasteiger partial charge in [0.1, 0.15) is 17.8 Å². The summed E-state index contributed by atoms with van der Waals surface area (Å²) in [6, 6.07) is 13.9. The molecule has 24 heavy (non-hydrogen) atoms. The normalized spacial score (nSPS) is 10.8. The number of nitrogens with zero attached hydrogens (tertiary/aromatic N) is 3. The number of hydrogen-bond acceptors (Lipinski definition) is 5. The molecule has 0 spiro atoms. The summed E-state index contributed by atoms with van der Waals surface area (Å²) in [7, 11) is 0. The molecule has 0 unspecified atom stereocenters. The molecular weight excluding hydrogens is 306 g/mol. The zero-order chi connectivity index (χ0) is 16.9. The lowest BCUT2D eigenvalue weighted by molar-refractivity contribution is -0.120. The molecule has 0 fully saturated rings. The second-order valence-corrected chi connectivity index (χ2v) is 5.63. The molecular formula is C18H17N3O3. The molecule has 0 aliphatic heterocycles. The van der Waals surface area contributed by atoms with Crippen LogP contribution < -0.4 is 5.56 Å². The Kier molecular flexibility index (Phi) is 4.65. The van der Waals surface area contributed by atoms with E-state index in [0.29, 0.717) is 23.7 Å². The van der Waals surface area contributed by atoms with E-state index >= 15 is 0 Å². The average Bonchev–Trinajstić information content (AvgIpc) is 2.59. The van der Waals surface area contributed by atoms with Crippen molar-refractivity contribution in [3.05, 3.63) is 64.4 Å². The fourth-order valence-electron chi connectivity index (χ4n) is 2.53. The Balaban J connectivity index is 1.60. The average molecular weight is 323 g/mol. The van der Waals surface area contributed by atoms with Crippen molar-refractivity contribution in [2.24, 2.45) is 0 Å². The van der Waals surface area contributed by atoms with Crippen molar-refractivity contribution >= 4 is 16.7 Å². The smallest absolute Gasteiger partial charge is 0.278 e. The third-order valence-electron chi connectivity index (χ3n) is 3.81. The number of aromatic hydroxyl groups is 1. The van der Waals surface area contributed by atoms with Gasteiger partial charge in [-0.1, -0.05) is 29.5 Å². The van der Waals surface area contributed by atoms with E-state index in [2.05, 4.69) is 10.3 Å². The van der Waals surface area contributed by atoms with Crippen molar-refractivity contribution in [2.45, 2.75) is 25.8 Å². The van der Waals surface area contributed by atoms with Gasteiger partial charge in [0.05, 0.1) is 5.39 Å². The number of Topliss-reactive ketones (excluding diaryl/α,β-unsaturated/α-hetero) is 1. The number of rotatable bonds is 6. The number of aryl methyl sites for hydroxylation is 1. The van der Waals surface area contributed by atoms with Crippen molar-refractivity contribution in [1.82, 2.24) is 15.0 Å². The highest BCUT2D eigenvalue weighted by Crippen LogP contribution is 2.12. The van der Waals surface area contributed by atoms with Crippen molar-refractivity contribution in [3.8, 4) is 5.75 Å². The Morgan fingerprint density at radius 3 is 2.62 bits per heavy atom. The van der Waals surface area contributed by atoms with Crippen molar-refractivity contribution < 1.29 is 9.90 Å². The van der Waals surface area contributed by atoms with E-state index in [0.717, 1.165) is 16.7 Å². The lowest BCUT2D eigenvalue weighted by Crippen LogP contribution is -2.27. The van der Waals surface area contributed by atoms with Crippen LogP contribution in [0.3, 0.4) is 0 Å². The Morgan fingerprint density at radius 2 is 1.83 bits per heavy atom. The predicted octanol–water partition coefficient (Wildman–Crippen LogP) is 2.09. The zero-order valence-electron chi connectivity index (χ0n) is 13.1. The monoisotopic (exact) mass is 323 g/mol. The van der Waals surface area contributed by atoms with Gasteiger partial charge in [-0.2, -0.15) is 0 Å². The number of fused-ring (bicyclic) bond motifs is 1. The standard InChI is InChI=1S/C18H17N3O3/c22-14-10-8-13(9-11-14)4-3-5-15(23)12-21-18(24)16-6-1-2-7-17(16)19-20-21/h1-2,6-11,22H,3-5,12H2. The fourth-order valence-corrected chi connectivity index (χ4v) is 2.53. The Labute approximate surface area is 138 Å². The zero-order valence-corrected chi connectivity index (χ0v) is 13.1. The molecule has 1 aromatic heterocycles. The van der Waals surface area contributed by atoms with E-state index in [4.69, 9.17) is 0 Å². The van der Waals surface area contributed by atoms with E-state index in [1.807, 2.05) is 12.1 Å². The third-order valence-corrected chi connectivity index (χ3v) is 3.81. The van der Waals surface area contributed by atoms with Gasteiger partial charge >= 0.3 is 0 Å². The molecule has 1 heterocycles. The second kappa shape index (κ2) is 7.04. The van der Waals surface area contributed by atoms with Crippen LogP contribution in [-0.4, -0.2) is 25.9 Å². The number of phenols is 1. The topological polar surface area (TPSA) is 85.1 Å². The maximum absolute atomic E-state index is 12.3. The summed E-state index contributed by atoms with van der Waals surface area (Å²) in [6.07, 6.45) is 1.78. The van der Waals surface area contributed by atoms with Gasteiger partial charge in [0.2, 0.25) is 0 Å². The van der Waals surface area contributed by atoms with Crippen molar-refractivity contribution in [3.63, 3.8) is 0 Å². The van der Waals surface area contributed by atoms with Crippen LogP contribution in [0.4, 0.5) is 0 Å². The molecule has 3 aromatic rings. The van der Waals surface area contributed by atoms with Crippen LogP contribution in [0.15, 0.2) is 53.3 Å². The molecule has 6 nitrogen and oxygen atoms in total. The molecule has 0 aliphatic carbocycles. The van der Waals surface area contributed by atoms with Gasteiger partial charge in [0, 0.05) is 6.42 Å². The minimum absolute atomic E-state index is 0.0551. The van der Waals surface area contributed by atoms with Crippen LogP contribution in [0, 0.1) is 0 Å². The number of carbonyl (C=O) groups excluding carboxylic acids is 1. The van der Waals surface area contributed by atoms with Gasteiger partial charge in [-0.05, 0) is 42.7 Å². The summed E-state index contributed by atoms with van der Waals surface area (Å²) in [6.45, 7) is -0.0632. The minimum Gasteiger partial charge on any atom is -0.508 e. The van der Waals surface area contributed by atoms with Crippen LogP contribution in [0.1, 0.15) is 18.4 Å². The van der Waals surface area contributed by atoms with E-state index in [9.17, 15) is 14.7 Å². The fraction of sp³-hybridized carbons (Fsp3) is 0.222. The molecule has 0 aliphatic rings. The first kappa shape index (κ1) is 15.9. The van der Waals surface area contributed by atoms with Gasteiger partial charge in [-0.15, -0.1) is 5.10 Å². The first-order valence-electron chi connectivity index (χ1n) is 7.75. The first-order chi connectivity index (χ1) is 11.6. The van der Waals surface area contributed by atoms with Gasteiger partial charge in [0.25, 0.3) is 5.56 Å². The number of benzene rings is 2. The van der Waals surface area contributed by atoms with Gasteiger partial charge < -0.3 is 5.11 Å². The number of aromatic nitrogens is 3. The molecule has 0 amide bonds. The van der Waals surface area contributed by atoms with E-state index in [1.165, 1.54) is 0 Å². The molecule has 0 saturated carbocycles. The molecule has 2 aromatic carbocycles. The summed E-state index contributed by atoms with van der Waals surface area (Å²) < 4.78 is 1.12. The SMILES string of the molecule is O=C(CCCc1ccc(O)cc1)Cn1nnc2ccccc2c1=O. The van der Waals surface area contributed by atoms with Crippen molar-refractivity contribution in [2.75, 3.05) is 0 Å². The second-order valence-electron chi connectivity index (χ2n) is 5.63. The number of hydrogen-bond donors (Lipinski definition) is 1. The molecule has 0 radical (unpaired) electrons. The lowest BCUT2D eigenvalue weighted by Gasteiger charge is -2.05. The van der Waals surface area contributed by atoms with E-state index in [-0.39, 0.29) is 23.6 Å². The van der Waals surface area contributed by atoms with Gasteiger partial charge in [-0.25, -0.2) is 4.68 Å². The predicted molar refractivity (Wildman–Crippen MR) is 89.8 cm³/mol. The summed E-state index contributed by atoms with van der Waals surface area (Å²) in [5.74, 6) is 0.171. The highest BCUT2D eigenvalue weighted by Gasteiger charge is 2.09. The molecule has 0 saturated heterocycles. The van der Waals surface area contributed by atoms with Crippen LogP contribution in [0.2, 0.25) is 0 Å². The van der Waals surface area contributed by atoms with Crippen LogP contribution >= 0.6 is 0 Å². The van der Waals surface area contributed by atoms with Gasteiger partial charge in [0.15, 0.2) is 5.78 Å². The summed E-state index contributed by atoms with van der Waals surface area (Å²) in [5.41, 5.74) is 1.29. The van der Waals surface area contributed by atoms with Crippen LogP contribution in [0.5, 0.6) is 5.75 Å². The summed E-state index contributed by atoms with van der Waals surface area (Å²) >= 11 is 0. The Hall–Kier alpha value is -3.02. The summed E-state index contributed by atoms with van der Waals surface area (Å²) in [5, 5.41) is 17.5. The minimum atomic E-state index is -0.299. The number of carbonyl (C=O) groups is 1. The maximum Gasteiger partial charge on any atom is 0.278 e. The van der Waals surface area contributed by atoms with Crippen molar-refractivity contribution in [1.29, 1.82) is 0 Å². The number of ketones is 1. The summed E-state index contributed by atoms with van der Waals surface area (Å²) in [4.78, 5) is 24.4. The van der Waals surface area contributed by atoms with E-state index < -0.39 is 0 Å². The Morgan fingerprint density at radius 1 is 1.08 bits per heavy atom. The third kappa shape index (κ3) is 3.65. The van der Waals surface area contributed by atoms with E-state index in [1.54, 1.807) is 36.4 Å². The first-order valence-corrected chi connectivity index (χ1v) is 7.75. The quantitative estimate of drug-likeness (QED) is 0.751. The largest absolute Gasteiger partial charge is 0.508 e. The van der Waals surface area contributed by atoms with Gasteiger partial charge in [-0.3, -0.25) is 9.59 Å². The highest BCUT2D eigenvalue weighted by molar-refractivity contribution is 5.79. The van der Waals surface area contributed by atoms with Crippen LogP contribution in [0.25, 0.3) is 10.9 Å². The van der Waals surface area contributed by atoms with Crippen LogP contribution in [-0.2, 0) is 17.8 Å². The molecule has 3 rings (SSSR count). The molecule has 0 bridgehead atoms. The molecule has 1 N–H and O–H groups in total. The molecule has 122 valence electrons. The molecule has 6 heteroatoms.